The zero-order chi connectivity index (χ0) is 32.4. The van der Waals surface area contributed by atoms with Crippen LogP contribution in [0.3, 0.4) is 0 Å². The number of methoxy groups -OCH3 is 1. The summed E-state index contributed by atoms with van der Waals surface area (Å²) in [4.78, 5) is 29.9. The van der Waals surface area contributed by atoms with Crippen molar-refractivity contribution in [3.8, 4) is 5.75 Å². The second-order valence-corrected chi connectivity index (χ2v) is 13.8. The molecular weight excluding hydrogens is 654 g/mol. The maximum Gasteiger partial charge on any atom is 0.264 e. The van der Waals surface area contributed by atoms with Crippen molar-refractivity contribution in [2.45, 2.75) is 37.8 Å². The highest BCUT2D eigenvalue weighted by molar-refractivity contribution is 9.10. The van der Waals surface area contributed by atoms with E-state index in [1.54, 1.807) is 61.7 Å². The van der Waals surface area contributed by atoms with Gasteiger partial charge in [-0.1, -0.05) is 90.4 Å². The van der Waals surface area contributed by atoms with Crippen LogP contribution in [0.1, 0.15) is 25.0 Å². The molecule has 1 N–H and O–H groups in total. The summed E-state index contributed by atoms with van der Waals surface area (Å²) >= 11 is 3.41. The first kappa shape index (κ1) is 33.7. The number of nitrogens with zero attached hydrogens (tertiary/aromatic N) is 2. The Balaban J connectivity index is 1.80. The zero-order valence-corrected chi connectivity index (χ0v) is 28.0. The third-order valence-corrected chi connectivity index (χ3v) is 9.48. The Morgan fingerprint density at radius 1 is 0.844 bits per heavy atom. The molecule has 0 saturated carbocycles. The molecule has 0 radical (unpaired) electrons. The number of sulfonamides is 1. The molecule has 236 valence electrons. The summed E-state index contributed by atoms with van der Waals surface area (Å²) in [7, 11) is -2.60. The molecule has 10 heteroatoms. The molecule has 0 unspecified atom stereocenters. The number of ether oxygens (including phenoxy) is 1. The lowest BCUT2D eigenvalue weighted by molar-refractivity contribution is -0.140. The second-order valence-electron chi connectivity index (χ2n) is 11.0. The minimum absolute atomic E-state index is 0.0515. The van der Waals surface area contributed by atoms with Crippen molar-refractivity contribution in [1.82, 2.24) is 10.2 Å². The number of hydrogen-bond acceptors (Lipinski definition) is 5. The van der Waals surface area contributed by atoms with E-state index >= 15 is 0 Å². The van der Waals surface area contributed by atoms with E-state index in [-0.39, 0.29) is 29.7 Å². The van der Waals surface area contributed by atoms with Gasteiger partial charge in [-0.3, -0.25) is 13.9 Å². The Hall–Kier alpha value is -4.15. The van der Waals surface area contributed by atoms with E-state index in [0.29, 0.717) is 18.0 Å². The van der Waals surface area contributed by atoms with Gasteiger partial charge in [0, 0.05) is 24.0 Å². The lowest BCUT2D eigenvalue weighted by atomic mass is 10.0. The highest BCUT2D eigenvalue weighted by Gasteiger charge is 2.34. The molecule has 0 aliphatic rings. The molecule has 4 rings (SSSR count). The van der Waals surface area contributed by atoms with Crippen LogP contribution in [0, 0.1) is 5.92 Å². The van der Waals surface area contributed by atoms with Gasteiger partial charge in [-0.25, -0.2) is 8.42 Å². The van der Waals surface area contributed by atoms with Crippen LogP contribution in [0.2, 0.25) is 0 Å². The van der Waals surface area contributed by atoms with Crippen LogP contribution < -0.4 is 14.4 Å². The molecule has 0 fully saturated rings. The standard InChI is InChI=1S/C35H38BrN3O5S/c1-26(2)23-37-35(41)33(22-27-11-6-4-7-12-27)38(24-28-13-10-14-31(21-28)44-3)34(40)25-39(30-19-17-29(36)18-20-30)45(42,43)32-15-8-5-9-16-32/h4-21,26,33H,22-25H2,1-3H3,(H,37,41)/t33-/m0/s1. The fraction of sp³-hybridized carbons (Fsp3) is 0.257. The molecule has 0 aliphatic carbocycles. The quantitative estimate of drug-likeness (QED) is 0.173. The van der Waals surface area contributed by atoms with Gasteiger partial charge in [0.05, 0.1) is 17.7 Å². The third kappa shape index (κ3) is 9.18. The first-order valence-corrected chi connectivity index (χ1v) is 16.9. The first-order chi connectivity index (χ1) is 21.6. The van der Waals surface area contributed by atoms with E-state index < -0.39 is 28.5 Å². The van der Waals surface area contributed by atoms with Crippen molar-refractivity contribution < 1.29 is 22.7 Å². The Kier molecular flexibility index (Phi) is 11.8. The van der Waals surface area contributed by atoms with Gasteiger partial charge < -0.3 is 15.0 Å². The number of hydrogen-bond donors (Lipinski definition) is 1. The van der Waals surface area contributed by atoms with Gasteiger partial charge in [0.2, 0.25) is 11.8 Å². The number of amides is 2. The van der Waals surface area contributed by atoms with Crippen LogP contribution in [0.15, 0.2) is 119 Å². The fourth-order valence-corrected chi connectivity index (χ4v) is 6.50. The lowest BCUT2D eigenvalue weighted by Gasteiger charge is -2.34. The Bertz CT molecular complexity index is 1670. The van der Waals surface area contributed by atoms with Gasteiger partial charge in [-0.15, -0.1) is 0 Å². The Labute approximate surface area is 274 Å². The first-order valence-electron chi connectivity index (χ1n) is 14.7. The number of nitrogens with one attached hydrogen (secondary N) is 1. The van der Waals surface area contributed by atoms with Crippen molar-refractivity contribution in [2.75, 3.05) is 24.5 Å². The maximum absolute atomic E-state index is 14.5. The fourth-order valence-electron chi connectivity index (χ4n) is 4.80. The van der Waals surface area contributed by atoms with Crippen molar-refractivity contribution in [1.29, 1.82) is 0 Å². The summed E-state index contributed by atoms with van der Waals surface area (Å²) in [5.74, 6) is -0.0459. The van der Waals surface area contributed by atoms with Gasteiger partial charge in [0.15, 0.2) is 0 Å². The molecule has 2 amide bonds. The Morgan fingerprint density at radius 3 is 2.09 bits per heavy atom. The second kappa shape index (κ2) is 15.7. The van der Waals surface area contributed by atoms with Crippen LogP contribution >= 0.6 is 15.9 Å². The normalized spacial score (nSPS) is 11.9. The van der Waals surface area contributed by atoms with Crippen molar-refractivity contribution in [3.63, 3.8) is 0 Å². The molecular formula is C35H38BrN3O5S. The number of benzene rings is 4. The molecule has 4 aromatic rings. The van der Waals surface area contributed by atoms with E-state index in [0.717, 1.165) is 19.9 Å². The summed E-state index contributed by atoms with van der Waals surface area (Å²) in [6, 6.07) is 30.5. The number of rotatable bonds is 14. The minimum Gasteiger partial charge on any atom is -0.497 e. The number of carbonyl (C=O) groups excluding carboxylic acids is 2. The molecule has 0 aliphatic heterocycles. The number of halogens is 1. The van der Waals surface area contributed by atoms with Crippen LogP contribution in [0.25, 0.3) is 0 Å². The molecule has 4 aromatic carbocycles. The summed E-state index contributed by atoms with van der Waals surface area (Å²) in [6.07, 6.45) is 0.240. The van der Waals surface area contributed by atoms with Gasteiger partial charge in [-0.2, -0.15) is 0 Å². The van der Waals surface area contributed by atoms with Crippen molar-refractivity contribution in [3.05, 3.63) is 125 Å². The topological polar surface area (TPSA) is 96.0 Å². The van der Waals surface area contributed by atoms with Crippen molar-refractivity contribution in [2.24, 2.45) is 5.92 Å². The van der Waals surface area contributed by atoms with Gasteiger partial charge >= 0.3 is 0 Å². The summed E-state index contributed by atoms with van der Waals surface area (Å²) in [6.45, 7) is 3.96. The van der Waals surface area contributed by atoms with Gasteiger partial charge in [0.25, 0.3) is 10.0 Å². The molecule has 0 bridgehead atoms. The molecule has 8 nitrogen and oxygen atoms in total. The van der Waals surface area contributed by atoms with Crippen LogP contribution in [0.5, 0.6) is 5.75 Å². The zero-order valence-electron chi connectivity index (χ0n) is 25.6. The Morgan fingerprint density at radius 2 is 1.47 bits per heavy atom. The van der Waals surface area contributed by atoms with E-state index in [1.165, 1.54) is 17.0 Å². The molecule has 0 spiro atoms. The largest absolute Gasteiger partial charge is 0.497 e. The minimum atomic E-state index is -4.16. The van der Waals surface area contributed by atoms with E-state index in [1.807, 2.05) is 56.3 Å². The summed E-state index contributed by atoms with van der Waals surface area (Å²) in [5.41, 5.74) is 1.92. The van der Waals surface area contributed by atoms with Crippen LogP contribution in [0.4, 0.5) is 5.69 Å². The highest BCUT2D eigenvalue weighted by atomic mass is 79.9. The van der Waals surface area contributed by atoms with E-state index in [2.05, 4.69) is 21.2 Å². The predicted octanol–water partition coefficient (Wildman–Crippen LogP) is 6.07. The maximum atomic E-state index is 14.5. The van der Waals surface area contributed by atoms with Crippen LogP contribution in [-0.2, 0) is 32.6 Å². The monoisotopic (exact) mass is 691 g/mol. The van der Waals surface area contributed by atoms with E-state index in [9.17, 15) is 18.0 Å². The average molecular weight is 693 g/mol. The average Bonchev–Trinajstić information content (AvgIpc) is 3.05. The molecule has 0 saturated heterocycles. The SMILES string of the molecule is COc1cccc(CN(C(=O)CN(c2ccc(Br)cc2)S(=O)(=O)c2ccccc2)[C@@H](Cc2ccccc2)C(=O)NCC(C)C)c1. The lowest BCUT2D eigenvalue weighted by Crippen LogP contribution is -2.53. The molecule has 0 aromatic heterocycles. The third-order valence-electron chi connectivity index (χ3n) is 7.17. The highest BCUT2D eigenvalue weighted by Crippen LogP contribution is 2.27. The van der Waals surface area contributed by atoms with Crippen molar-refractivity contribution >= 4 is 43.5 Å². The predicted molar refractivity (Wildman–Crippen MR) is 180 cm³/mol. The molecule has 0 heterocycles. The number of anilines is 1. The van der Waals surface area contributed by atoms with E-state index in [4.69, 9.17) is 4.74 Å². The number of carbonyl (C=O) groups is 2. The van der Waals surface area contributed by atoms with Gasteiger partial charge in [0.1, 0.15) is 18.3 Å². The summed E-state index contributed by atoms with van der Waals surface area (Å²) < 4.78 is 35.4. The summed E-state index contributed by atoms with van der Waals surface area (Å²) in [5, 5.41) is 3.00. The van der Waals surface area contributed by atoms with Gasteiger partial charge in [-0.05, 0) is 65.6 Å². The molecule has 45 heavy (non-hydrogen) atoms. The molecule has 1 atom stereocenters. The smallest absolute Gasteiger partial charge is 0.264 e. The van der Waals surface area contributed by atoms with Crippen LogP contribution in [-0.4, -0.2) is 51.4 Å².